The molecule has 0 bridgehead atoms. The Hall–Kier alpha value is -3.20. The van der Waals surface area contributed by atoms with Crippen LogP contribution in [0.4, 0.5) is 5.69 Å². The van der Waals surface area contributed by atoms with Gasteiger partial charge in [0, 0.05) is 25.3 Å². The Kier molecular flexibility index (Phi) is 7.95. The molecule has 34 heavy (non-hydrogen) atoms. The molecule has 1 saturated heterocycles. The highest BCUT2D eigenvalue weighted by Crippen LogP contribution is 2.22. The summed E-state index contributed by atoms with van der Waals surface area (Å²) < 4.78 is 12.1. The highest BCUT2D eigenvalue weighted by molar-refractivity contribution is 6.32. The minimum Gasteiger partial charge on any atom is -0.452 e. The summed E-state index contributed by atoms with van der Waals surface area (Å²) in [5, 5.41) is 7.27. The number of ether oxygens (including phenoxy) is 2. The first-order valence-electron chi connectivity index (χ1n) is 11.1. The lowest BCUT2D eigenvalue weighted by Gasteiger charge is -2.26. The van der Waals surface area contributed by atoms with Crippen LogP contribution in [0.3, 0.4) is 0 Å². The SMILES string of the molecule is Cc1nn(Cc2ccccc2)c(Cl)c1C(=O)OCC(=O)Nc1ccc(CN2CCOCC2)cc1. The van der Waals surface area contributed by atoms with Gasteiger partial charge < -0.3 is 14.8 Å². The summed E-state index contributed by atoms with van der Waals surface area (Å²) in [5.41, 5.74) is 3.41. The van der Waals surface area contributed by atoms with Crippen LogP contribution in [0.25, 0.3) is 0 Å². The quantitative estimate of drug-likeness (QED) is 0.494. The molecule has 0 saturated carbocycles. The van der Waals surface area contributed by atoms with E-state index in [1.165, 1.54) is 0 Å². The number of carbonyl (C=O) groups is 2. The predicted octanol–water partition coefficient (Wildman–Crippen LogP) is 3.52. The Morgan fingerprint density at radius 3 is 2.41 bits per heavy atom. The fraction of sp³-hybridized carbons (Fsp3) is 0.320. The molecule has 0 atom stereocenters. The monoisotopic (exact) mass is 482 g/mol. The molecule has 0 radical (unpaired) electrons. The number of nitrogens with one attached hydrogen (secondary N) is 1. The number of nitrogens with zero attached hydrogens (tertiary/aromatic N) is 3. The van der Waals surface area contributed by atoms with Crippen LogP contribution >= 0.6 is 11.6 Å². The van der Waals surface area contributed by atoms with Gasteiger partial charge in [0.1, 0.15) is 10.7 Å². The first kappa shape index (κ1) is 23.9. The maximum absolute atomic E-state index is 12.6. The number of aromatic nitrogens is 2. The van der Waals surface area contributed by atoms with Gasteiger partial charge in [-0.25, -0.2) is 9.48 Å². The van der Waals surface area contributed by atoms with Crippen molar-refractivity contribution in [3.8, 4) is 0 Å². The van der Waals surface area contributed by atoms with Crippen molar-refractivity contribution >= 4 is 29.2 Å². The zero-order valence-electron chi connectivity index (χ0n) is 19.0. The van der Waals surface area contributed by atoms with Crippen molar-refractivity contribution in [1.29, 1.82) is 0 Å². The molecule has 2 aromatic carbocycles. The highest BCUT2D eigenvalue weighted by atomic mass is 35.5. The van der Waals surface area contributed by atoms with Crippen molar-refractivity contribution in [2.75, 3.05) is 38.2 Å². The number of aryl methyl sites for hydroxylation is 1. The lowest BCUT2D eigenvalue weighted by molar-refractivity contribution is -0.119. The van der Waals surface area contributed by atoms with Crippen LogP contribution in [0, 0.1) is 6.92 Å². The zero-order valence-corrected chi connectivity index (χ0v) is 19.8. The van der Waals surface area contributed by atoms with Crippen molar-refractivity contribution in [2.24, 2.45) is 0 Å². The van der Waals surface area contributed by atoms with Crippen LogP contribution in [0.15, 0.2) is 54.6 Å². The third-order valence-electron chi connectivity index (χ3n) is 5.53. The fourth-order valence-electron chi connectivity index (χ4n) is 3.76. The number of hydrogen-bond acceptors (Lipinski definition) is 6. The second-order valence-corrected chi connectivity index (χ2v) is 8.46. The van der Waals surface area contributed by atoms with Gasteiger partial charge in [0.05, 0.1) is 25.5 Å². The van der Waals surface area contributed by atoms with Gasteiger partial charge in [-0.3, -0.25) is 9.69 Å². The number of anilines is 1. The zero-order chi connectivity index (χ0) is 23.9. The summed E-state index contributed by atoms with van der Waals surface area (Å²) in [7, 11) is 0. The number of hydrogen-bond donors (Lipinski definition) is 1. The second-order valence-electron chi connectivity index (χ2n) is 8.10. The summed E-state index contributed by atoms with van der Waals surface area (Å²) in [6.45, 7) is 5.87. The van der Waals surface area contributed by atoms with Crippen molar-refractivity contribution < 1.29 is 19.1 Å². The van der Waals surface area contributed by atoms with E-state index in [0.717, 1.165) is 44.0 Å². The molecule has 1 N–H and O–H groups in total. The summed E-state index contributed by atoms with van der Waals surface area (Å²) >= 11 is 6.39. The average molecular weight is 483 g/mol. The molecule has 1 amide bonds. The van der Waals surface area contributed by atoms with E-state index >= 15 is 0 Å². The minimum absolute atomic E-state index is 0.165. The molecular formula is C25H27ClN4O4. The molecule has 0 unspecified atom stereocenters. The van der Waals surface area contributed by atoms with Crippen LogP contribution in [0.1, 0.15) is 27.2 Å². The molecule has 1 aliphatic heterocycles. The minimum atomic E-state index is -0.683. The number of esters is 1. The lowest BCUT2D eigenvalue weighted by Crippen LogP contribution is -2.35. The smallest absolute Gasteiger partial charge is 0.343 e. The number of halogens is 1. The molecule has 1 aliphatic rings. The molecular weight excluding hydrogens is 456 g/mol. The van der Waals surface area contributed by atoms with Gasteiger partial charge in [-0.2, -0.15) is 5.10 Å². The topological polar surface area (TPSA) is 85.7 Å². The molecule has 1 aromatic heterocycles. The number of amides is 1. The molecule has 0 spiro atoms. The van der Waals surface area contributed by atoms with Gasteiger partial charge in [-0.15, -0.1) is 0 Å². The van der Waals surface area contributed by atoms with Crippen molar-refractivity contribution in [3.05, 3.63) is 82.1 Å². The molecule has 3 aromatic rings. The Morgan fingerprint density at radius 2 is 1.71 bits per heavy atom. The Morgan fingerprint density at radius 1 is 1.03 bits per heavy atom. The van der Waals surface area contributed by atoms with Crippen LogP contribution in [0.5, 0.6) is 0 Å². The molecule has 4 rings (SSSR count). The van der Waals surface area contributed by atoms with E-state index in [1.807, 2.05) is 54.6 Å². The van der Waals surface area contributed by atoms with E-state index < -0.39 is 18.5 Å². The first-order valence-corrected chi connectivity index (χ1v) is 11.5. The normalized spacial score (nSPS) is 14.1. The average Bonchev–Trinajstić information content (AvgIpc) is 3.12. The standard InChI is InChI=1S/C25H27ClN4O4/c1-18-23(24(26)30(28-18)16-19-5-3-2-4-6-19)25(32)34-17-22(31)27-21-9-7-20(8-10-21)15-29-11-13-33-14-12-29/h2-10H,11-17H2,1H3,(H,27,31). The van der Waals surface area contributed by atoms with Crippen molar-refractivity contribution in [3.63, 3.8) is 0 Å². The summed E-state index contributed by atoms with van der Waals surface area (Å²) in [4.78, 5) is 27.2. The van der Waals surface area contributed by atoms with E-state index in [2.05, 4.69) is 15.3 Å². The van der Waals surface area contributed by atoms with Crippen molar-refractivity contribution in [2.45, 2.75) is 20.0 Å². The van der Waals surface area contributed by atoms with Crippen LogP contribution < -0.4 is 5.32 Å². The Labute approximate surface area is 203 Å². The lowest BCUT2D eigenvalue weighted by atomic mass is 10.2. The molecule has 0 aliphatic carbocycles. The third-order valence-corrected chi connectivity index (χ3v) is 5.91. The van der Waals surface area contributed by atoms with Gasteiger partial charge in [0.15, 0.2) is 6.61 Å². The molecule has 8 nitrogen and oxygen atoms in total. The van der Waals surface area contributed by atoms with Gasteiger partial charge >= 0.3 is 5.97 Å². The first-order chi connectivity index (χ1) is 16.5. The second kappa shape index (κ2) is 11.3. The Bertz CT molecular complexity index is 1130. The summed E-state index contributed by atoms with van der Waals surface area (Å²) in [5.74, 6) is -1.11. The van der Waals surface area contributed by atoms with E-state index in [0.29, 0.717) is 17.9 Å². The fourth-order valence-corrected chi connectivity index (χ4v) is 4.07. The third kappa shape index (κ3) is 6.22. The van der Waals surface area contributed by atoms with Crippen LogP contribution in [-0.4, -0.2) is 59.5 Å². The van der Waals surface area contributed by atoms with Crippen LogP contribution in [-0.2, 0) is 27.4 Å². The highest BCUT2D eigenvalue weighted by Gasteiger charge is 2.22. The van der Waals surface area contributed by atoms with Gasteiger partial charge in [-0.1, -0.05) is 54.1 Å². The number of rotatable bonds is 8. The Balaban J connectivity index is 1.28. The predicted molar refractivity (Wildman–Crippen MR) is 129 cm³/mol. The number of morpholine rings is 1. The van der Waals surface area contributed by atoms with Gasteiger partial charge in [0.25, 0.3) is 5.91 Å². The maximum atomic E-state index is 12.6. The van der Waals surface area contributed by atoms with E-state index in [-0.39, 0.29) is 10.7 Å². The molecule has 178 valence electrons. The van der Waals surface area contributed by atoms with E-state index in [9.17, 15) is 9.59 Å². The van der Waals surface area contributed by atoms with Crippen molar-refractivity contribution in [1.82, 2.24) is 14.7 Å². The number of benzene rings is 2. The van der Waals surface area contributed by atoms with Gasteiger partial charge in [-0.05, 0) is 30.2 Å². The van der Waals surface area contributed by atoms with Gasteiger partial charge in [0.2, 0.25) is 0 Å². The largest absolute Gasteiger partial charge is 0.452 e. The maximum Gasteiger partial charge on any atom is 0.343 e. The summed E-state index contributed by atoms with van der Waals surface area (Å²) in [6, 6.07) is 17.3. The molecule has 1 fully saturated rings. The van der Waals surface area contributed by atoms with E-state index in [4.69, 9.17) is 21.1 Å². The van der Waals surface area contributed by atoms with Crippen LogP contribution in [0.2, 0.25) is 5.15 Å². The van der Waals surface area contributed by atoms with E-state index in [1.54, 1.807) is 11.6 Å². The molecule has 9 heteroatoms. The summed E-state index contributed by atoms with van der Waals surface area (Å²) in [6.07, 6.45) is 0. The molecule has 2 heterocycles. The number of carbonyl (C=O) groups excluding carboxylic acids is 2.